The van der Waals surface area contributed by atoms with E-state index in [2.05, 4.69) is 63.1 Å². The molecule has 1 aromatic heterocycles. The summed E-state index contributed by atoms with van der Waals surface area (Å²) in [5, 5.41) is 7.41. The Morgan fingerprint density at radius 3 is 2.56 bits per heavy atom. The van der Waals surface area contributed by atoms with Gasteiger partial charge in [-0.1, -0.05) is 44.2 Å². The molecule has 0 unspecified atom stereocenters. The highest BCUT2D eigenvalue weighted by atomic mass is 14.7. The summed E-state index contributed by atoms with van der Waals surface area (Å²) >= 11 is 0. The van der Waals surface area contributed by atoms with E-state index in [1.807, 2.05) is 0 Å². The molecular weight excluding hydrogens is 220 g/mol. The van der Waals surface area contributed by atoms with Gasteiger partial charge in [-0.25, -0.2) is 0 Å². The molecule has 2 N–H and O–H groups in total. The van der Waals surface area contributed by atoms with Gasteiger partial charge in [0.05, 0.1) is 5.69 Å². The molecule has 0 fully saturated rings. The zero-order chi connectivity index (χ0) is 13.3. The molecule has 0 aromatic carbocycles. The molecule has 0 atom stereocenters. The van der Waals surface area contributed by atoms with Crippen LogP contribution >= 0.6 is 0 Å². The Hall–Kier alpha value is -1.83. The smallest absolute Gasteiger partial charge is 0.0597 e. The van der Waals surface area contributed by atoms with Crippen LogP contribution in [0.5, 0.6) is 0 Å². The fourth-order valence-electron chi connectivity index (χ4n) is 2.33. The van der Waals surface area contributed by atoms with Gasteiger partial charge in [0.1, 0.15) is 0 Å². The molecule has 0 bridgehead atoms. The van der Waals surface area contributed by atoms with E-state index in [1.54, 1.807) is 0 Å². The highest BCUT2D eigenvalue weighted by Crippen LogP contribution is 2.30. The third kappa shape index (κ3) is 2.23. The summed E-state index contributed by atoms with van der Waals surface area (Å²) in [5.74, 6) is 0. The lowest BCUT2D eigenvalue weighted by atomic mass is 9.92. The minimum Gasteiger partial charge on any atom is -0.357 e. The van der Waals surface area contributed by atoms with Crippen LogP contribution in [-0.4, -0.2) is 11.2 Å². The minimum atomic E-state index is 0.0980. The van der Waals surface area contributed by atoms with Crippen molar-refractivity contribution >= 4 is 11.8 Å². The molecule has 2 rings (SSSR count). The molecule has 0 radical (unpaired) electrons. The number of aryl methyl sites for hydroxylation is 1. The zero-order valence-corrected chi connectivity index (χ0v) is 11.5. The first-order chi connectivity index (χ1) is 8.44. The Balaban J connectivity index is 2.51. The van der Waals surface area contributed by atoms with E-state index in [0.29, 0.717) is 0 Å². The van der Waals surface area contributed by atoms with Crippen molar-refractivity contribution in [3.8, 4) is 0 Å². The van der Waals surface area contributed by atoms with E-state index in [4.69, 9.17) is 5.41 Å². The maximum Gasteiger partial charge on any atom is 0.0597 e. The maximum absolute atomic E-state index is 7.41. The van der Waals surface area contributed by atoms with Crippen molar-refractivity contribution in [3.63, 3.8) is 0 Å². The summed E-state index contributed by atoms with van der Waals surface area (Å²) in [6.07, 6.45) is 12.2. The summed E-state index contributed by atoms with van der Waals surface area (Å²) in [6, 6.07) is 0. The van der Waals surface area contributed by atoms with Crippen LogP contribution in [0.15, 0.2) is 30.4 Å². The van der Waals surface area contributed by atoms with E-state index >= 15 is 0 Å². The Morgan fingerprint density at radius 1 is 1.22 bits per heavy atom. The lowest BCUT2D eigenvalue weighted by Crippen LogP contribution is -2.00. The van der Waals surface area contributed by atoms with Gasteiger partial charge in [0.15, 0.2) is 0 Å². The number of H-pyrrole nitrogens is 1. The molecule has 0 saturated heterocycles. The normalized spacial score (nSPS) is 17.4. The molecule has 2 nitrogen and oxygen atoms in total. The third-order valence-corrected chi connectivity index (χ3v) is 3.40. The van der Waals surface area contributed by atoms with E-state index in [0.717, 1.165) is 17.0 Å². The Bertz CT molecular complexity index is 566. The molecule has 1 aromatic rings. The lowest BCUT2D eigenvalue weighted by molar-refractivity contribution is 0.627. The molecule has 18 heavy (non-hydrogen) atoms. The van der Waals surface area contributed by atoms with Gasteiger partial charge in [0.25, 0.3) is 0 Å². The van der Waals surface area contributed by atoms with Crippen LogP contribution in [0, 0.1) is 24.7 Å². The molecule has 0 saturated carbocycles. The van der Waals surface area contributed by atoms with Crippen LogP contribution < -0.4 is 0 Å². The van der Waals surface area contributed by atoms with E-state index < -0.39 is 0 Å². The summed E-state index contributed by atoms with van der Waals surface area (Å²) in [7, 11) is 0. The van der Waals surface area contributed by atoms with E-state index in [9.17, 15) is 0 Å². The second-order valence-corrected chi connectivity index (χ2v) is 5.44. The van der Waals surface area contributed by atoms with E-state index in [-0.39, 0.29) is 5.41 Å². The SMILES string of the molecule is Cc1[nH]c(C=N)c(C)c1C1=CC=CC(C)(C)C=C1. The number of aromatic nitrogens is 1. The average molecular weight is 240 g/mol. The van der Waals surface area contributed by atoms with Gasteiger partial charge < -0.3 is 10.4 Å². The number of allylic oxidation sites excluding steroid dienone is 6. The van der Waals surface area contributed by atoms with Crippen molar-refractivity contribution in [1.29, 1.82) is 5.41 Å². The van der Waals surface area contributed by atoms with Crippen LogP contribution in [0.2, 0.25) is 0 Å². The minimum absolute atomic E-state index is 0.0980. The number of hydrogen-bond donors (Lipinski definition) is 2. The van der Waals surface area contributed by atoms with Crippen LogP contribution in [0.25, 0.3) is 5.57 Å². The standard InChI is InChI=1S/C16H20N2/c1-11-14(10-17)18-12(2)15(11)13-6-5-8-16(3,4)9-7-13/h5-10,17-18H,1-4H3. The highest BCUT2D eigenvalue weighted by Gasteiger charge is 2.15. The van der Waals surface area contributed by atoms with Crippen molar-refractivity contribution < 1.29 is 0 Å². The molecule has 1 aliphatic carbocycles. The third-order valence-electron chi connectivity index (χ3n) is 3.40. The van der Waals surface area contributed by atoms with Gasteiger partial charge in [0, 0.05) is 22.9 Å². The van der Waals surface area contributed by atoms with E-state index in [1.165, 1.54) is 17.4 Å². The number of rotatable bonds is 2. The number of nitrogens with one attached hydrogen (secondary N) is 2. The summed E-state index contributed by atoms with van der Waals surface area (Å²) < 4.78 is 0. The molecule has 0 amide bonds. The number of aromatic amines is 1. The van der Waals surface area contributed by atoms with Crippen LogP contribution in [0.4, 0.5) is 0 Å². The Kier molecular flexibility index (Phi) is 3.12. The van der Waals surface area contributed by atoms with Crippen molar-refractivity contribution in [1.82, 2.24) is 4.98 Å². The van der Waals surface area contributed by atoms with Gasteiger partial charge in [-0.2, -0.15) is 0 Å². The lowest BCUT2D eigenvalue weighted by Gasteiger charge is -2.12. The first kappa shape index (κ1) is 12.6. The van der Waals surface area contributed by atoms with Crippen molar-refractivity contribution in [2.24, 2.45) is 5.41 Å². The van der Waals surface area contributed by atoms with Gasteiger partial charge in [-0.15, -0.1) is 0 Å². The predicted molar refractivity (Wildman–Crippen MR) is 78.2 cm³/mol. The van der Waals surface area contributed by atoms with Crippen molar-refractivity contribution in [3.05, 3.63) is 52.9 Å². The van der Waals surface area contributed by atoms with Crippen LogP contribution in [0.1, 0.15) is 36.4 Å². The molecule has 0 aliphatic heterocycles. The second-order valence-electron chi connectivity index (χ2n) is 5.44. The van der Waals surface area contributed by atoms with Gasteiger partial charge in [-0.3, -0.25) is 0 Å². The molecule has 94 valence electrons. The first-order valence-electron chi connectivity index (χ1n) is 6.23. The van der Waals surface area contributed by atoms with Crippen LogP contribution in [0.3, 0.4) is 0 Å². The van der Waals surface area contributed by atoms with Gasteiger partial charge in [0.2, 0.25) is 0 Å². The topological polar surface area (TPSA) is 39.6 Å². The van der Waals surface area contributed by atoms with Crippen LogP contribution in [-0.2, 0) is 0 Å². The molecule has 2 heteroatoms. The number of hydrogen-bond acceptors (Lipinski definition) is 1. The molecular formula is C16H20N2. The maximum atomic E-state index is 7.41. The quantitative estimate of drug-likeness (QED) is 0.729. The van der Waals surface area contributed by atoms with Crippen molar-refractivity contribution in [2.45, 2.75) is 27.7 Å². The summed E-state index contributed by atoms with van der Waals surface area (Å²) in [6.45, 7) is 8.50. The second kappa shape index (κ2) is 4.45. The molecule has 1 aliphatic rings. The predicted octanol–water partition coefficient (Wildman–Crippen LogP) is 4.16. The summed E-state index contributed by atoms with van der Waals surface area (Å²) in [5.41, 5.74) is 5.68. The van der Waals surface area contributed by atoms with Crippen molar-refractivity contribution in [2.75, 3.05) is 0 Å². The fourth-order valence-corrected chi connectivity index (χ4v) is 2.33. The molecule has 0 spiro atoms. The largest absolute Gasteiger partial charge is 0.357 e. The Morgan fingerprint density at radius 2 is 1.94 bits per heavy atom. The Labute approximate surface area is 109 Å². The highest BCUT2D eigenvalue weighted by molar-refractivity contribution is 5.86. The zero-order valence-electron chi connectivity index (χ0n) is 11.5. The van der Waals surface area contributed by atoms with Gasteiger partial charge >= 0.3 is 0 Å². The average Bonchev–Trinajstić information content (AvgIpc) is 2.47. The van der Waals surface area contributed by atoms with Gasteiger partial charge in [-0.05, 0) is 25.0 Å². The fraction of sp³-hybridized carbons (Fsp3) is 0.312. The molecule has 1 heterocycles. The first-order valence-corrected chi connectivity index (χ1v) is 6.23. The summed E-state index contributed by atoms with van der Waals surface area (Å²) in [4.78, 5) is 3.26. The monoisotopic (exact) mass is 240 g/mol.